The molecule has 0 heterocycles. The topological polar surface area (TPSA) is 0 Å². The maximum Gasteiger partial charge on any atom is 0.0550 e. The Hall–Kier alpha value is -1.60. The van der Waals surface area contributed by atoms with E-state index in [2.05, 4.69) is 87.6 Å². The van der Waals surface area contributed by atoms with Crippen molar-refractivity contribution in [2.75, 3.05) is 0 Å². The summed E-state index contributed by atoms with van der Waals surface area (Å²) in [5, 5.41) is 2.81. The number of rotatable bonds is 3. The quantitative estimate of drug-likeness (QED) is 0.405. The molecule has 6 unspecified atom stereocenters. The third-order valence-electron chi connectivity index (χ3n) is 10.7. The Kier molecular flexibility index (Phi) is 5.48. The molecular formula is C32H42Si. The third kappa shape index (κ3) is 3.44. The lowest BCUT2D eigenvalue weighted by Gasteiger charge is -2.46. The van der Waals surface area contributed by atoms with Gasteiger partial charge in [0.25, 0.3) is 0 Å². The van der Waals surface area contributed by atoms with Crippen LogP contribution in [0.5, 0.6) is 0 Å². The first-order valence-corrected chi connectivity index (χ1v) is 17.0. The molecule has 3 saturated carbocycles. The van der Waals surface area contributed by atoms with Crippen molar-refractivity contribution in [2.45, 2.75) is 76.5 Å². The number of hydrogen-bond donors (Lipinski definition) is 0. The van der Waals surface area contributed by atoms with E-state index in [0.29, 0.717) is 5.92 Å². The molecule has 4 aliphatic rings. The van der Waals surface area contributed by atoms with E-state index in [1.807, 2.05) is 0 Å². The Bertz CT molecular complexity index is 1090. The molecule has 1 heteroatoms. The van der Waals surface area contributed by atoms with Gasteiger partial charge in [-0.3, -0.25) is 0 Å². The van der Waals surface area contributed by atoms with Crippen LogP contribution in [0.3, 0.4) is 0 Å². The molecule has 3 fully saturated rings. The molecule has 0 aromatic heterocycles. The highest BCUT2D eigenvalue weighted by molar-refractivity contribution is 6.80. The Balaban J connectivity index is 1.35. The maximum absolute atomic E-state index is 2.82. The highest BCUT2D eigenvalue weighted by Crippen LogP contribution is 2.64. The van der Waals surface area contributed by atoms with E-state index in [4.69, 9.17) is 0 Å². The third-order valence-corrected chi connectivity index (χ3v) is 16.0. The lowest BCUT2D eigenvalue weighted by Crippen LogP contribution is -2.46. The minimum Gasteiger partial charge on any atom is -0.0808 e. The molecule has 174 valence electrons. The molecule has 0 saturated heterocycles. The predicted molar refractivity (Wildman–Crippen MR) is 146 cm³/mol. The minimum absolute atomic E-state index is 0.700. The summed E-state index contributed by atoms with van der Waals surface area (Å²) in [7, 11) is -1.44. The fourth-order valence-corrected chi connectivity index (χ4v) is 16.4. The summed E-state index contributed by atoms with van der Waals surface area (Å²) in [5.41, 5.74) is 5.06. The van der Waals surface area contributed by atoms with Gasteiger partial charge in [0.15, 0.2) is 0 Å². The smallest absolute Gasteiger partial charge is 0.0550 e. The molecular weight excluding hydrogens is 412 g/mol. The van der Waals surface area contributed by atoms with E-state index < -0.39 is 8.07 Å². The first-order valence-electron chi connectivity index (χ1n) is 13.8. The van der Waals surface area contributed by atoms with Crippen molar-refractivity contribution < 1.29 is 0 Å². The first-order chi connectivity index (χ1) is 16.0. The van der Waals surface area contributed by atoms with Crippen LogP contribution in [0.15, 0.2) is 60.7 Å². The Morgan fingerprint density at radius 2 is 1.58 bits per heavy atom. The zero-order valence-corrected chi connectivity index (χ0v) is 22.1. The van der Waals surface area contributed by atoms with E-state index in [1.54, 1.807) is 5.57 Å². The van der Waals surface area contributed by atoms with Crippen molar-refractivity contribution >= 4 is 24.4 Å². The van der Waals surface area contributed by atoms with Gasteiger partial charge in [-0.25, -0.2) is 0 Å². The normalized spacial score (nSPS) is 38.2. The van der Waals surface area contributed by atoms with E-state index in [9.17, 15) is 0 Å². The number of benzene rings is 2. The Morgan fingerprint density at radius 1 is 0.818 bits per heavy atom. The highest BCUT2D eigenvalue weighted by Gasteiger charge is 2.57. The largest absolute Gasteiger partial charge is 0.0808 e. The summed E-state index contributed by atoms with van der Waals surface area (Å²) in [5.74, 6) is 5.33. The van der Waals surface area contributed by atoms with Crippen LogP contribution in [0.1, 0.15) is 57.9 Å². The zero-order chi connectivity index (χ0) is 22.7. The average Bonchev–Trinajstić information content (AvgIpc) is 3.34. The lowest BCUT2D eigenvalue weighted by atomic mass is 9.80. The van der Waals surface area contributed by atoms with Gasteiger partial charge in [-0.1, -0.05) is 113 Å². The second-order valence-electron chi connectivity index (χ2n) is 12.7. The van der Waals surface area contributed by atoms with Crippen molar-refractivity contribution in [3.63, 3.8) is 0 Å². The summed E-state index contributed by atoms with van der Waals surface area (Å²) >= 11 is 0. The van der Waals surface area contributed by atoms with Gasteiger partial charge in [-0.2, -0.15) is 0 Å². The molecule has 0 N–H and O–H groups in total. The van der Waals surface area contributed by atoms with Gasteiger partial charge in [-0.05, 0) is 81.3 Å². The number of hydrogen-bond acceptors (Lipinski definition) is 0. The highest BCUT2D eigenvalue weighted by atomic mass is 28.3. The van der Waals surface area contributed by atoms with Crippen LogP contribution < -0.4 is 0 Å². The second-order valence-corrected chi connectivity index (χ2v) is 17.7. The molecule has 6 rings (SSSR count). The molecule has 0 bridgehead atoms. The second kappa shape index (κ2) is 8.26. The van der Waals surface area contributed by atoms with Crippen LogP contribution in [0.2, 0.25) is 24.2 Å². The van der Waals surface area contributed by atoms with Crippen LogP contribution in [-0.4, -0.2) is 8.07 Å². The summed E-state index contributed by atoms with van der Waals surface area (Å²) in [6.45, 7) is 10.9. The van der Waals surface area contributed by atoms with Gasteiger partial charge in [0.2, 0.25) is 0 Å². The van der Waals surface area contributed by atoms with Crippen LogP contribution in [0.25, 0.3) is 16.3 Å². The molecule has 33 heavy (non-hydrogen) atoms. The maximum atomic E-state index is 2.82. The molecule has 0 nitrogen and oxygen atoms in total. The molecule has 0 spiro atoms. The van der Waals surface area contributed by atoms with E-state index in [-0.39, 0.29) is 0 Å². The van der Waals surface area contributed by atoms with Crippen molar-refractivity contribution in [1.29, 1.82) is 0 Å². The minimum atomic E-state index is -1.44. The van der Waals surface area contributed by atoms with Crippen molar-refractivity contribution in [3.8, 4) is 0 Å². The van der Waals surface area contributed by atoms with Gasteiger partial charge in [0.1, 0.15) is 0 Å². The van der Waals surface area contributed by atoms with Crippen LogP contribution >= 0.6 is 0 Å². The Labute approximate surface area is 202 Å². The van der Waals surface area contributed by atoms with E-state index >= 15 is 0 Å². The van der Waals surface area contributed by atoms with Gasteiger partial charge in [0.05, 0.1) is 8.07 Å². The molecule has 4 aliphatic carbocycles. The van der Waals surface area contributed by atoms with Gasteiger partial charge < -0.3 is 0 Å². The van der Waals surface area contributed by atoms with Crippen molar-refractivity contribution in [3.05, 3.63) is 66.3 Å². The van der Waals surface area contributed by atoms with Crippen molar-refractivity contribution in [1.82, 2.24) is 0 Å². The van der Waals surface area contributed by atoms with Crippen LogP contribution in [0, 0.1) is 35.5 Å². The zero-order valence-electron chi connectivity index (χ0n) is 21.1. The summed E-state index contributed by atoms with van der Waals surface area (Å²) < 4.78 is 0. The predicted octanol–water partition coefficient (Wildman–Crippen LogP) is 9.36. The first kappa shape index (κ1) is 21.9. The van der Waals surface area contributed by atoms with Gasteiger partial charge in [-0.15, -0.1) is 0 Å². The number of allylic oxidation sites excluding steroid dienone is 4. The van der Waals surface area contributed by atoms with E-state index in [1.165, 1.54) is 54.9 Å². The van der Waals surface area contributed by atoms with Gasteiger partial charge >= 0.3 is 0 Å². The SMILES string of the molecule is CC1CC2C(c3cccc4ccccc34)=CC=CC2[C@@H]1[Si](C)(C)C1C2CCCCC2C[C@H]1C. The molecule has 2 aromatic carbocycles. The number of fused-ring (bicyclic) bond motifs is 3. The van der Waals surface area contributed by atoms with E-state index in [0.717, 1.165) is 40.7 Å². The lowest BCUT2D eigenvalue weighted by molar-refractivity contribution is 0.273. The summed E-state index contributed by atoms with van der Waals surface area (Å²) in [6.07, 6.45) is 16.5. The summed E-state index contributed by atoms with van der Waals surface area (Å²) in [6, 6.07) is 15.9. The Morgan fingerprint density at radius 3 is 2.45 bits per heavy atom. The molecule has 0 radical (unpaired) electrons. The fraction of sp³-hybridized carbons (Fsp3) is 0.562. The van der Waals surface area contributed by atoms with Crippen LogP contribution in [0.4, 0.5) is 0 Å². The standard InChI is InChI=1S/C32H42Si/c1-21-19-24-12-6-8-15-26(24)31(21)33(3,4)32-22(2)20-30-28(17-10-18-29(30)32)27-16-9-13-23-11-5-7-14-25(23)27/h5,7,9-11,13-14,16-18,21-22,24,26,29-32H,6,8,12,15,19-20H2,1-4H3/t21-,22?,24?,26?,29?,30?,31?,32-/m1/s1. The fourth-order valence-electron chi connectivity index (χ4n) is 9.88. The van der Waals surface area contributed by atoms with Crippen molar-refractivity contribution in [2.24, 2.45) is 35.5 Å². The molecule has 2 aromatic rings. The molecule has 0 aliphatic heterocycles. The average molecular weight is 455 g/mol. The molecule has 0 amide bonds. The van der Waals surface area contributed by atoms with Crippen LogP contribution in [-0.2, 0) is 0 Å². The van der Waals surface area contributed by atoms with Gasteiger partial charge in [0, 0.05) is 0 Å². The molecule has 8 atom stereocenters. The summed E-state index contributed by atoms with van der Waals surface area (Å²) in [4.78, 5) is 0. The monoisotopic (exact) mass is 454 g/mol.